The van der Waals surface area contributed by atoms with Crippen LogP contribution in [0.3, 0.4) is 0 Å². The Labute approximate surface area is 88.9 Å². The van der Waals surface area contributed by atoms with Crippen molar-refractivity contribution in [3.63, 3.8) is 0 Å². The summed E-state index contributed by atoms with van der Waals surface area (Å²) in [4.78, 5) is 15.8. The van der Waals surface area contributed by atoms with Crippen LogP contribution in [0.4, 0.5) is 0 Å². The SMILES string of the molecule is CCn1ncnc1CC(=O)CC1CNC1. The molecule has 0 bridgehead atoms. The van der Waals surface area contributed by atoms with E-state index < -0.39 is 0 Å². The van der Waals surface area contributed by atoms with Gasteiger partial charge in [-0.2, -0.15) is 5.10 Å². The quantitative estimate of drug-likeness (QED) is 0.741. The smallest absolute Gasteiger partial charge is 0.140 e. The molecule has 0 aliphatic carbocycles. The van der Waals surface area contributed by atoms with Crippen LogP contribution in [-0.4, -0.2) is 33.6 Å². The highest BCUT2D eigenvalue weighted by Crippen LogP contribution is 2.10. The third-order valence-corrected chi connectivity index (χ3v) is 2.73. The van der Waals surface area contributed by atoms with Crippen molar-refractivity contribution >= 4 is 5.78 Å². The van der Waals surface area contributed by atoms with Crippen LogP contribution in [0.5, 0.6) is 0 Å². The van der Waals surface area contributed by atoms with E-state index in [0.717, 1.165) is 25.5 Å². The minimum atomic E-state index is 0.268. The lowest BCUT2D eigenvalue weighted by molar-refractivity contribution is -0.119. The molecule has 5 nitrogen and oxygen atoms in total. The van der Waals surface area contributed by atoms with Gasteiger partial charge in [0.05, 0.1) is 6.42 Å². The molecule has 0 radical (unpaired) electrons. The second-order valence-electron chi connectivity index (χ2n) is 3.94. The van der Waals surface area contributed by atoms with Gasteiger partial charge >= 0.3 is 0 Å². The highest BCUT2D eigenvalue weighted by molar-refractivity contribution is 5.80. The first kappa shape index (κ1) is 10.3. The first-order valence-corrected chi connectivity index (χ1v) is 5.38. The van der Waals surface area contributed by atoms with Crippen molar-refractivity contribution in [2.75, 3.05) is 13.1 Å². The molecule has 82 valence electrons. The number of carbonyl (C=O) groups excluding carboxylic acids is 1. The summed E-state index contributed by atoms with van der Waals surface area (Å²) in [6, 6.07) is 0. The molecule has 0 spiro atoms. The molecule has 1 aliphatic heterocycles. The zero-order valence-corrected chi connectivity index (χ0v) is 8.94. The Balaban J connectivity index is 1.87. The Morgan fingerprint density at radius 3 is 3.07 bits per heavy atom. The van der Waals surface area contributed by atoms with Gasteiger partial charge in [0.2, 0.25) is 0 Å². The molecular weight excluding hydrogens is 192 g/mol. The molecule has 1 N–H and O–H groups in total. The number of ketones is 1. The molecule has 0 saturated carbocycles. The Kier molecular flexibility index (Phi) is 3.11. The van der Waals surface area contributed by atoms with Gasteiger partial charge in [-0.3, -0.25) is 4.79 Å². The second-order valence-corrected chi connectivity index (χ2v) is 3.94. The van der Waals surface area contributed by atoms with Gasteiger partial charge in [-0.25, -0.2) is 9.67 Å². The molecule has 1 aliphatic rings. The predicted octanol–water partition coefficient (Wildman–Crippen LogP) is 0.0191. The molecule has 5 heteroatoms. The second kappa shape index (κ2) is 4.53. The van der Waals surface area contributed by atoms with Crippen molar-refractivity contribution in [3.05, 3.63) is 12.2 Å². The lowest BCUT2D eigenvalue weighted by atomic mass is 9.95. The fourth-order valence-corrected chi connectivity index (χ4v) is 1.75. The summed E-state index contributed by atoms with van der Waals surface area (Å²) >= 11 is 0. The van der Waals surface area contributed by atoms with Crippen LogP contribution in [0, 0.1) is 5.92 Å². The van der Waals surface area contributed by atoms with Gasteiger partial charge in [-0.1, -0.05) is 0 Å². The number of hydrogen-bond acceptors (Lipinski definition) is 4. The Hall–Kier alpha value is -1.23. The predicted molar refractivity (Wildman–Crippen MR) is 55.4 cm³/mol. The largest absolute Gasteiger partial charge is 0.316 e. The van der Waals surface area contributed by atoms with Crippen LogP contribution in [-0.2, 0) is 17.8 Å². The van der Waals surface area contributed by atoms with Gasteiger partial charge in [-0.15, -0.1) is 0 Å². The van der Waals surface area contributed by atoms with Gasteiger partial charge in [-0.05, 0) is 25.9 Å². The third kappa shape index (κ3) is 2.41. The minimum Gasteiger partial charge on any atom is -0.316 e. The fourth-order valence-electron chi connectivity index (χ4n) is 1.75. The van der Waals surface area contributed by atoms with Crippen molar-refractivity contribution in [1.82, 2.24) is 20.1 Å². The van der Waals surface area contributed by atoms with Crippen LogP contribution in [0.25, 0.3) is 0 Å². The molecular formula is C10H16N4O. The monoisotopic (exact) mass is 208 g/mol. The first-order chi connectivity index (χ1) is 7.29. The van der Waals surface area contributed by atoms with E-state index >= 15 is 0 Å². The average Bonchev–Trinajstić information content (AvgIpc) is 2.59. The van der Waals surface area contributed by atoms with Gasteiger partial charge in [0, 0.05) is 13.0 Å². The highest BCUT2D eigenvalue weighted by Gasteiger charge is 2.21. The number of aromatic nitrogens is 3. The van der Waals surface area contributed by atoms with Gasteiger partial charge in [0.25, 0.3) is 0 Å². The van der Waals surface area contributed by atoms with Crippen LogP contribution in [0.2, 0.25) is 0 Å². The summed E-state index contributed by atoms with van der Waals surface area (Å²) in [5, 5.41) is 7.20. The first-order valence-electron chi connectivity index (χ1n) is 5.38. The van der Waals surface area contributed by atoms with Crippen LogP contribution >= 0.6 is 0 Å². The molecule has 1 fully saturated rings. The van der Waals surface area contributed by atoms with E-state index in [1.54, 1.807) is 4.68 Å². The lowest BCUT2D eigenvalue weighted by Gasteiger charge is -2.26. The average molecular weight is 208 g/mol. The molecule has 1 aromatic heterocycles. The van der Waals surface area contributed by atoms with Crippen molar-refractivity contribution in [1.29, 1.82) is 0 Å². The molecule has 2 rings (SSSR count). The van der Waals surface area contributed by atoms with E-state index in [9.17, 15) is 4.79 Å². The summed E-state index contributed by atoms with van der Waals surface area (Å²) in [5.41, 5.74) is 0. The number of nitrogens with zero attached hydrogens (tertiary/aromatic N) is 3. The van der Waals surface area contributed by atoms with Crippen molar-refractivity contribution in [2.45, 2.75) is 26.3 Å². The summed E-state index contributed by atoms with van der Waals surface area (Å²) in [6.45, 7) is 4.73. The summed E-state index contributed by atoms with van der Waals surface area (Å²) in [5.74, 6) is 1.59. The summed E-state index contributed by atoms with van der Waals surface area (Å²) in [7, 11) is 0. The van der Waals surface area contributed by atoms with E-state index in [0.29, 0.717) is 18.8 Å². The summed E-state index contributed by atoms with van der Waals surface area (Å²) < 4.78 is 1.77. The maximum absolute atomic E-state index is 11.7. The van der Waals surface area contributed by atoms with E-state index in [1.807, 2.05) is 6.92 Å². The molecule has 1 saturated heterocycles. The molecule has 1 aromatic rings. The lowest BCUT2D eigenvalue weighted by Crippen LogP contribution is -2.43. The van der Waals surface area contributed by atoms with Gasteiger partial charge in [0.1, 0.15) is 17.9 Å². The van der Waals surface area contributed by atoms with Crippen molar-refractivity contribution < 1.29 is 4.79 Å². The summed E-state index contributed by atoms with van der Waals surface area (Å²) in [6.07, 6.45) is 2.60. The minimum absolute atomic E-state index is 0.268. The zero-order chi connectivity index (χ0) is 10.7. The molecule has 0 aromatic carbocycles. The topological polar surface area (TPSA) is 59.8 Å². The van der Waals surface area contributed by atoms with E-state index in [-0.39, 0.29) is 5.78 Å². The zero-order valence-electron chi connectivity index (χ0n) is 8.94. The maximum atomic E-state index is 11.7. The Bertz CT molecular complexity index is 343. The van der Waals surface area contributed by atoms with E-state index in [1.165, 1.54) is 6.33 Å². The molecule has 15 heavy (non-hydrogen) atoms. The van der Waals surface area contributed by atoms with E-state index in [2.05, 4.69) is 15.4 Å². The number of Topliss-reactive ketones (excluding diaryl/α,β-unsaturated/α-hetero) is 1. The number of aryl methyl sites for hydroxylation is 1. The van der Waals surface area contributed by atoms with Crippen molar-refractivity contribution in [2.24, 2.45) is 5.92 Å². The van der Waals surface area contributed by atoms with Crippen LogP contribution < -0.4 is 5.32 Å². The number of carbonyl (C=O) groups is 1. The van der Waals surface area contributed by atoms with E-state index in [4.69, 9.17) is 0 Å². The highest BCUT2D eigenvalue weighted by atomic mass is 16.1. The normalized spacial score (nSPS) is 16.3. The molecule has 0 atom stereocenters. The van der Waals surface area contributed by atoms with Gasteiger partial charge in [0.15, 0.2) is 0 Å². The third-order valence-electron chi connectivity index (χ3n) is 2.73. The molecule has 0 unspecified atom stereocenters. The number of hydrogen-bond donors (Lipinski definition) is 1. The number of nitrogens with one attached hydrogen (secondary N) is 1. The van der Waals surface area contributed by atoms with Crippen molar-refractivity contribution in [3.8, 4) is 0 Å². The maximum Gasteiger partial charge on any atom is 0.140 e. The Morgan fingerprint density at radius 2 is 2.47 bits per heavy atom. The Morgan fingerprint density at radius 1 is 1.67 bits per heavy atom. The standard InChI is InChI=1S/C10H16N4O/c1-2-14-10(12-7-13-14)4-9(15)3-8-5-11-6-8/h7-8,11H,2-6H2,1H3. The van der Waals surface area contributed by atoms with Crippen LogP contribution in [0.1, 0.15) is 19.2 Å². The fraction of sp³-hybridized carbons (Fsp3) is 0.700. The molecule has 0 amide bonds. The van der Waals surface area contributed by atoms with Gasteiger partial charge < -0.3 is 5.32 Å². The molecule has 2 heterocycles. The van der Waals surface area contributed by atoms with Crippen LogP contribution in [0.15, 0.2) is 6.33 Å². The number of rotatable bonds is 5.